The van der Waals surface area contributed by atoms with Crippen LogP contribution in [0.25, 0.3) is 0 Å². The van der Waals surface area contributed by atoms with Crippen molar-refractivity contribution in [3.05, 3.63) is 0 Å². The van der Waals surface area contributed by atoms with Crippen molar-refractivity contribution in [2.75, 3.05) is 18.8 Å². The average Bonchev–Trinajstić information content (AvgIpc) is 2.64. The lowest BCUT2D eigenvalue weighted by Crippen LogP contribution is -2.54. The van der Waals surface area contributed by atoms with E-state index in [1.54, 1.807) is 0 Å². The summed E-state index contributed by atoms with van der Waals surface area (Å²) >= 11 is 2.01. The van der Waals surface area contributed by atoms with Gasteiger partial charge < -0.3 is 10.6 Å². The van der Waals surface area contributed by atoms with Gasteiger partial charge in [-0.05, 0) is 38.4 Å². The fourth-order valence-electron chi connectivity index (χ4n) is 3.66. The van der Waals surface area contributed by atoms with Crippen LogP contribution < -0.4 is 5.73 Å². The highest BCUT2D eigenvalue weighted by atomic mass is 32.2. The summed E-state index contributed by atoms with van der Waals surface area (Å²) in [5, 5.41) is 0.624. The van der Waals surface area contributed by atoms with Crippen molar-refractivity contribution in [1.82, 2.24) is 4.90 Å². The van der Waals surface area contributed by atoms with Crippen LogP contribution in [0.1, 0.15) is 58.8 Å². The highest BCUT2D eigenvalue weighted by Gasteiger charge is 2.40. The molecule has 2 N–H and O–H groups in total. The van der Waals surface area contributed by atoms with Crippen LogP contribution in [0.4, 0.5) is 0 Å². The van der Waals surface area contributed by atoms with Gasteiger partial charge in [-0.2, -0.15) is 11.8 Å². The molecule has 116 valence electrons. The molecule has 1 saturated heterocycles. The van der Waals surface area contributed by atoms with Crippen LogP contribution in [0.15, 0.2) is 0 Å². The van der Waals surface area contributed by atoms with E-state index in [0.29, 0.717) is 11.2 Å². The minimum Gasteiger partial charge on any atom is -0.341 e. The lowest BCUT2D eigenvalue weighted by molar-refractivity contribution is -0.138. The molecule has 2 aliphatic rings. The molecule has 20 heavy (non-hydrogen) atoms. The summed E-state index contributed by atoms with van der Waals surface area (Å²) in [6.07, 6.45) is 7.97. The van der Waals surface area contributed by atoms with E-state index in [9.17, 15) is 4.79 Å². The van der Waals surface area contributed by atoms with E-state index in [-0.39, 0.29) is 11.5 Å². The molecule has 1 aliphatic carbocycles. The number of rotatable bonds is 3. The van der Waals surface area contributed by atoms with Gasteiger partial charge in [0.25, 0.3) is 0 Å². The van der Waals surface area contributed by atoms with E-state index in [4.69, 9.17) is 5.73 Å². The maximum Gasteiger partial charge on any atom is 0.227 e. The maximum atomic E-state index is 12.9. The molecule has 3 unspecified atom stereocenters. The molecule has 0 radical (unpaired) electrons. The molecular weight excluding hydrogens is 268 g/mol. The normalized spacial score (nSPS) is 35.6. The molecule has 0 spiro atoms. The smallest absolute Gasteiger partial charge is 0.227 e. The van der Waals surface area contributed by atoms with Gasteiger partial charge in [-0.25, -0.2) is 0 Å². The van der Waals surface area contributed by atoms with Gasteiger partial charge in [-0.1, -0.05) is 26.2 Å². The molecule has 1 heterocycles. The molecule has 0 aromatic rings. The number of thioether (sulfide) groups is 1. The Morgan fingerprint density at radius 1 is 1.30 bits per heavy atom. The number of hydrogen-bond acceptors (Lipinski definition) is 3. The highest BCUT2D eigenvalue weighted by molar-refractivity contribution is 7.99. The average molecular weight is 298 g/mol. The topological polar surface area (TPSA) is 46.3 Å². The summed E-state index contributed by atoms with van der Waals surface area (Å²) in [6, 6.07) is 0. The number of hydrogen-bond donors (Lipinski definition) is 1. The van der Waals surface area contributed by atoms with Gasteiger partial charge in [0.15, 0.2) is 0 Å². The third kappa shape index (κ3) is 3.91. The van der Waals surface area contributed by atoms with E-state index >= 15 is 0 Å². The third-order valence-corrected chi connectivity index (χ3v) is 6.08. The first-order valence-corrected chi connectivity index (χ1v) is 9.28. The number of nitrogens with zero attached hydrogens (tertiary/aromatic N) is 1. The Labute approximate surface area is 128 Å². The molecule has 2 fully saturated rings. The second-order valence-electron chi connectivity index (χ2n) is 6.66. The SMILES string of the molecule is CCSC1CCCCN(C(=O)C2CCCCC2(C)N)C1. The molecule has 0 bridgehead atoms. The first-order valence-electron chi connectivity index (χ1n) is 8.24. The predicted octanol–water partition coefficient (Wildman–Crippen LogP) is 3.03. The quantitative estimate of drug-likeness (QED) is 0.871. The summed E-state index contributed by atoms with van der Waals surface area (Å²) in [4.78, 5) is 15.0. The lowest BCUT2D eigenvalue weighted by Gasteiger charge is -2.40. The molecule has 1 saturated carbocycles. The standard InChI is InChI=1S/C16H30N2OS/c1-3-20-13-8-5-7-11-18(12-13)15(19)14-9-4-6-10-16(14,2)17/h13-14H,3-12,17H2,1-2H3. The van der Waals surface area contributed by atoms with Crippen molar-refractivity contribution in [1.29, 1.82) is 0 Å². The van der Waals surface area contributed by atoms with Crippen molar-refractivity contribution in [2.45, 2.75) is 69.6 Å². The summed E-state index contributed by atoms with van der Waals surface area (Å²) in [6.45, 7) is 6.15. The van der Waals surface area contributed by atoms with Crippen LogP contribution in [0.3, 0.4) is 0 Å². The molecule has 4 heteroatoms. The van der Waals surface area contributed by atoms with Gasteiger partial charge in [-0.3, -0.25) is 4.79 Å². The number of likely N-dealkylation sites (tertiary alicyclic amines) is 1. The molecule has 0 aromatic heterocycles. The van der Waals surface area contributed by atoms with Crippen LogP contribution in [0.2, 0.25) is 0 Å². The Hall–Kier alpha value is -0.220. The number of amides is 1. The molecule has 3 nitrogen and oxygen atoms in total. The van der Waals surface area contributed by atoms with E-state index in [2.05, 4.69) is 18.7 Å². The Morgan fingerprint density at radius 3 is 2.75 bits per heavy atom. The second-order valence-corrected chi connectivity index (χ2v) is 8.24. The number of carbonyl (C=O) groups is 1. The van der Waals surface area contributed by atoms with Crippen LogP contribution in [-0.2, 0) is 4.79 Å². The highest BCUT2D eigenvalue weighted by Crippen LogP contribution is 2.34. The minimum absolute atomic E-state index is 0.0432. The van der Waals surface area contributed by atoms with Crippen LogP contribution >= 0.6 is 11.8 Å². The summed E-state index contributed by atoms with van der Waals surface area (Å²) in [7, 11) is 0. The van der Waals surface area contributed by atoms with Gasteiger partial charge in [0.2, 0.25) is 5.91 Å². The molecule has 2 rings (SSSR count). The Bertz CT molecular complexity index is 332. The van der Waals surface area contributed by atoms with Crippen molar-refractivity contribution in [2.24, 2.45) is 11.7 Å². The molecular formula is C16H30N2OS. The first-order chi connectivity index (χ1) is 9.54. The van der Waals surface area contributed by atoms with Gasteiger partial charge in [0.05, 0.1) is 5.92 Å². The van der Waals surface area contributed by atoms with Crippen molar-refractivity contribution in [3.63, 3.8) is 0 Å². The lowest BCUT2D eigenvalue weighted by atomic mass is 9.74. The maximum absolute atomic E-state index is 12.9. The fraction of sp³-hybridized carbons (Fsp3) is 0.938. The van der Waals surface area contributed by atoms with E-state index in [1.165, 1.54) is 19.3 Å². The van der Waals surface area contributed by atoms with E-state index in [0.717, 1.165) is 44.5 Å². The summed E-state index contributed by atoms with van der Waals surface area (Å²) in [5.41, 5.74) is 6.11. The van der Waals surface area contributed by atoms with Crippen molar-refractivity contribution >= 4 is 17.7 Å². The van der Waals surface area contributed by atoms with Gasteiger partial charge in [-0.15, -0.1) is 0 Å². The predicted molar refractivity (Wildman–Crippen MR) is 86.9 cm³/mol. The summed E-state index contributed by atoms with van der Waals surface area (Å²) < 4.78 is 0. The Kier molecular flexibility index (Phi) is 5.79. The van der Waals surface area contributed by atoms with E-state index < -0.39 is 0 Å². The van der Waals surface area contributed by atoms with Gasteiger partial charge >= 0.3 is 0 Å². The summed E-state index contributed by atoms with van der Waals surface area (Å²) in [5.74, 6) is 1.52. The van der Waals surface area contributed by atoms with Crippen LogP contribution in [0.5, 0.6) is 0 Å². The van der Waals surface area contributed by atoms with E-state index in [1.807, 2.05) is 11.8 Å². The molecule has 1 amide bonds. The number of carbonyl (C=O) groups excluding carboxylic acids is 1. The Balaban J connectivity index is 2.02. The molecule has 0 aromatic carbocycles. The zero-order valence-corrected chi connectivity index (χ0v) is 13.9. The molecule has 3 atom stereocenters. The minimum atomic E-state index is -0.297. The van der Waals surface area contributed by atoms with Crippen LogP contribution in [0, 0.1) is 5.92 Å². The third-order valence-electron chi connectivity index (χ3n) is 4.89. The van der Waals surface area contributed by atoms with Crippen molar-refractivity contribution < 1.29 is 4.79 Å². The van der Waals surface area contributed by atoms with Gasteiger partial charge in [0, 0.05) is 23.9 Å². The fourth-order valence-corrected chi connectivity index (χ4v) is 4.75. The Morgan fingerprint density at radius 2 is 2.05 bits per heavy atom. The van der Waals surface area contributed by atoms with Gasteiger partial charge in [0.1, 0.15) is 0 Å². The largest absolute Gasteiger partial charge is 0.341 e. The molecule has 1 aliphatic heterocycles. The number of nitrogens with two attached hydrogens (primary N) is 1. The van der Waals surface area contributed by atoms with Crippen LogP contribution in [-0.4, -0.2) is 40.4 Å². The zero-order chi connectivity index (χ0) is 14.6. The monoisotopic (exact) mass is 298 g/mol. The zero-order valence-electron chi connectivity index (χ0n) is 13.1. The van der Waals surface area contributed by atoms with Crippen molar-refractivity contribution in [3.8, 4) is 0 Å². The second kappa shape index (κ2) is 7.17. The first kappa shape index (κ1) is 16.2.